The Balaban J connectivity index is 0.000000873. The van der Waals surface area contributed by atoms with Crippen LogP contribution in [0.2, 0.25) is 0 Å². The van der Waals surface area contributed by atoms with Gasteiger partial charge in [0.15, 0.2) is 0 Å². The number of benzene rings is 1. The van der Waals surface area contributed by atoms with E-state index in [0.29, 0.717) is 16.6 Å². The zero-order chi connectivity index (χ0) is 14.2. The van der Waals surface area contributed by atoms with Crippen LogP contribution in [0.5, 0.6) is 5.75 Å². The number of ether oxygens (including phenoxy) is 1. The molecule has 1 aromatic carbocycles. The molecule has 0 N–H and O–H groups in total. The van der Waals surface area contributed by atoms with E-state index < -0.39 is 6.47 Å². The fraction of sp³-hybridized carbons (Fsp3) is 0.385. The number of rotatable bonds is 4. The van der Waals surface area contributed by atoms with Crippen LogP contribution in [0.1, 0.15) is 10.4 Å². The maximum absolute atomic E-state index is 11.9. The van der Waals surface area contributed by atoms with E-state index in [-0.39, 0.29) is 5.78 Å². The van der Waals surface area contributed by atoms with E-state index >= 15 is 0 Å². The maximum Gasteiger partial charge on any atom is 0.217 e. The molecule has 0 saturated heterocycles. The first-order valence-corrected chi connectivity index (χ1v) is 5.37. The van der Waals surface area contributed by atoms with Crippen LogP contribution in [-0.2, 0) is 4.79 Å². The van der Waals surface area contributed by atoms with Crippen molar-refractivity contribution in [2.75, 3.05) is 34.8 Å². The zero-order valence-electron chi connectivity index (χ0n) is 11.2. The first kappa shape index (κ1) is 16.1. The molecule has 0 radical (unpaired) electrons. The minimum absolute atomic E-state index is 0.140. The quantitative estimate of drug-likeness (QED) is 0.429. The van der Waals surface area contributed by atoms with E-state index in [9.17, 15) is 4.79 Å². The van der Waals surface area contributed by atoms with Gasteiger partial charge >= 0.3 is 0 Å². The molecule has 1 rings (SSSR count). The second kappa shape index (κ2) is 7.45. The number of Topliss-reactive ketones (excluding diaryl/α,β-unsaturated/α-hetero) is 1. The molecule has 0 amide bonds. The van der Waals surface area contributed by atoms with Crippen molar-refractivity contribution in [3.63, 3.8) is 0 Å². The van der Waals surface area contributed by atoms with Gasteiger partial charge in [0, 0.05) is 12.0 Å². The standard InChI is InChI=1S/C12H18NO2.CH2O2/c1-13(2,3)9-12(14)10-6-5-7-11(8-10)15-4;2-1-3/h5-8H,9H2,1-4H3;1H,(H,2,3)/q+1;/p-1. The number of carbonyl (C=O) groups is 2. The molecule has 100 valence electrons. The summed E-state index contributed by atoms with van der Waals surface area (Å²) in [6, 6.07) is 7.27. The molecule has 1 aromatic rings. The minimum Gasteiger partial charge on any atom is -0.554 e. The molecule has 0 bridgehead atoms. The average Bonchev–Trinajstić information content (AvgIpc) is 2.28. The Morgan fingerprint density at radius 3 is 2.39 bits per heavy atom. The third-order valence-electron chi connectivity index (χ3n) is 2.01. The summed E-state index contributed by atoms with van der Waals surface area (Å²) in [4.78, 5) is 20.1. The molecule has 0 aliphatic rings. The van der Waals surface area contributed by atoms with E-state index in [1.807, 2.05) is 39.3 Å². The summed E-state index contributed by atoms with van der Waals surface area (Å²) in [6.07, 6.45) is 0. The Hall–Kier alpha value is -1.88. The van der Waals surface area contributed by atoms with Crippen molar-refractivity contribution in [2.45, 2.75) is 0 Å². The lowest BCUT2D eigenvalue weighted by molar-refractivity contribution is -0.861. The van der Waals surface area contributed by atoms with Crippen molar-refractivity contribution in [1.29, 1.82) is 0 Å². The van der Waals surface area contributed by atoms with Crippen LogP contribution < -0.4 is 9.84 Å². The molecule has 0 aliphatic heterocycles. The van der Waals surface area contributed by atoms with Crippen molar-refractivity contribution < 1.29 is 23.9 Å². The summed E-state index contributed by atoms with van der Waals surface area (Å²) in [7, 11) is 7.59. The van der Waals surface area contributed by atoms with Gasteiger partial charge in [-0.05, 0) is 12.1 Å². The molecule has 0 spiro atoms. The van der Waals surface area contributed by atoms with Crippen LogP contribution in [0.15, 0.2) is 24.3 Å². The van der Waals surface area contributed by atoms with Crippen LogP contribution in [0.3, 0.4) is 0 Å². The molecular weight excluding hydrogens is 234 g/mol. The van der Waals surface area contributed by atoms with Crippen LogP contribution in [0, 0.1) is 0 Å². The number of hydrogen-bond acceptors (Lipinski definition) is 4. The molecule has 0 unspecified atom stereocenters. The number of quaternary nitrogens is 1. The van der Waals surface area contributed by atoms with E-state index in [2.05, 4.69) is 0 Å². The first-order valence-electron chi connectivity index (χ1n) is 5.37. The Morgan fingerprint density at radius 2 is 1.94 bits per heavy atom. The molecule has 0 saturated carbocycles. The van der Waals surface area contributed by atoms with Crippen molar-refractivity contribution in [3.05, 3.63) is 29.8 Å². The summed E-state index contributed by atoms with van der Waals surface area (Å²) in [6.45, 7) is -0.00678. The van der Waals surface area contributed by atoms with Gasteiger partial charge in [0.05, 0.1) is 28.3 Å². The highest BCUT2D eigenvalue weighted by Crippen LogP contribution is 2.13. The molecule has 0 heterocycles. The minimum atomic E-state index is -0.500. The molecule has 5 nitrogen and oxygen atoms in total. The van der Waals surface area contributed by atoms with Gasteiger partial charge in [-0.3, -0.25) is 4.79 Å². The Labute approximate surface area is 107 Å². The Morgan fingerprint density at radius 1 is 1.39 bits per heavy atom. The summed E-state index contributed by atoms with van der Waals surface area (Å²) in [5, 5.41) is 8.25. The van der Waals surface area contributed by atoms with Crippen LogP contribution in [0.25, 0.3) is 0 Å². The highest BCUT2D eigenvalue weighted by Gasteiger charge is 2.16. The number of carboxylic acid groups (broad SMARTS) is 1. The van der Waals surface area contributed by atoms with Gasteiger partial charge in [-0.15, -0.1) is 0 Å². The fourth-order valence-corrected chi connectivity index (χ4v) is 1.32. The molecule has 0 aromatic heterocycles. The fourth-order valence-electron chi connectivity index (χ4n) is 1.32. The molecule has 18 heavy (non-hydrogen) atoms. The van der Waals surface area contributed by atoms with Gasteiger partial charge in [-0.1, -0.05) is 12.1 Å². The predicted octanol–water partition coefficient (Wildman–Crippen LogP) is -0.0498. The van der Waals surface area contributed by atoms with Crippen molar-refractivity contribution >= 4 is 12.3 Å². The third kappa shape index (κ3) is 6.65. The molecule has 5 heteroatoms. The average molecular weight is 253 g/mol. The van der Waals surface area contributed by atoms with Crippen LogP contribution in [-0.4, -0.2) is 51.5 Å². The van der Waals surface area contributed by atoms with Gasteiger partial charge < -0.3 is 19.1 Å². The lowest BCUT2D eigenvalue weighted by atomic mass is 10.1. The maximum atomic E-state index is 11.9. The smallest absolute Gasteiger partial charge is 0.217 e. The highest BCUT2D eigenvalue weighted by molar-refractivity contribution is 5.97. The first-order chi connectivity index (χ1) is 8.34. The lowest BCUT2D eigenvalue weighted by Gasteiger charge is -2.22. The van der Waals surface area contributed by atoms with Gasteiger partial charge in [0.1, 0.15) is 12.3 Å². The Bertz CT molecular complexity index is 396. The van der Waals surface area contributed by atoms with E-state index in [1.54, 1.807) is 13.2 Å². The summed E-state index contributed by atoms with van der Waals surface area (Å²) < 4.78 is 5.71. The second-order valence-electron chi connectivity index (χ2n) is 4.70. The topological polar surface area (TPSA) is 66.4 Å². The van der Waals surface area contributed by atoms with E-state index in [4.69, 9.17) is 14.6 Å². The molecule has 0 fully saturated rings. The van der Waals surface area contributed by atoms with Gasteiger partial charge in [-0.25, -0.2) is 0 Å². The number of likely N-dealkylation sites (N-methyl/N-ethyl adjacent to an activating group) is 1. The summed E-state index contributed by atoms with van der Waals surface area (Å²) >= 11 is 0. The third-order valence-corrected chi connectivity index (χ3v) is 2.01. The lowest BCUT2D eigenvalue weighted by Crippen LogP contribution is -2.39. The van der Waals surface area contributed by atoms with Crippen molar-refractivity contribution in [3.8, 4) is 5.75 Å². The Kier molecular flexibility index (Phi) is 6.67. The number of hydrogen-bond donors (Lipinski definition) is 0. The number of ketones is 1. The van der Waals surface area contributed by atoms with Crippen LogP contribution in [0.4, 0.5) is 0 Å². The van der Waals surface area contributed by atoms with Gasteiger partial charge in [-0.2, -0.15) is 0 Å². The largest absolute Gasteiger partial charge is 0.554 e. The summed E-state index contributed by atoms with van der Waals surface area (Å²) in [5.74, 6) is 0.864. The number of methoxy groups -OCH3 is 1. The number of carbonyl (C=O) groups excluding carboxylic acids is 2. The van der Waals surface area contributed by atoms with Crippen molar-refractivity contribution in [1.82, 2.24) is 0 Å². The highest BCUT2D eigenvalue weighted by atomic mass is 16.5. The van der Waals surface area contributed by atoms with E-state index in [1.165, 1.54) is 0 Å². The zero-order valence-corrected chi connectivity index (χ0v) is 11.2. The van der Waals surface area contributed by atoms with Gasteiger partial charge in [0.25, 0.3) is 0 Å². The monoisotopic (exact) mass is 253 g/mol. The normalized spacial score (nSPS) is 10.0. The van der Waals surface area contributed by atoms with Crippen LogP contribution >= 0.6 is 0 Å². The SMILES string of the molecule is COc1cccc(C(=O)C[N+](C)(C)C)c1.O=C[O-]. The predicted molar refractivity (Wildman–Crippen MR) is 66.3 cm³/mol. The van der Waals surface area contributed by atoms with E-state index in [0.717, 1.165) is 5.75 Å². The van der Waals surface area contributed by atoms with Gasteiger partial charge in [0.2, 0.25) is 5.78 Å². The number of nitrogens with zero attached hydrogens (tertiary/aromatic N) is 1. The second-order valence-corrected chi connectivity index (χ2v) is 4.70. The summed E-state index contributed by atoms with van der Waals surface area (Å²) in [5.41, 5.74) is 0.711. The molecular formula is C13H19NO4. The van der Waals surface area contributed by atoms with Crippen molar-refractivity contribution in [2.24, 2.45) is 0 Å². The molecule has 0 atom stereocenters. The molecule has 0 aliphatic carbocycles.